The zero-order valence-electron chi connectivity index (χ0n) is 23.1. The van der Waals surface area contributed by atoms with Gasteiger partial charge in [-0.15, -0.1) is 0 Å². The summed E-state index contributed by atoms with van der Waals surface area (Å²) in [5.41, 5.74) is 2.11. The topological polar surface area (TPSA) is 90.4 Å². The summed E-state index contributed by atoms with van der Waals surface area (Å²) in [6.45, 7) is 11.6. The van der Waals surface area contributed by atoms with E-state index < -0.39 is 11.9 Å². The van der Waals surface area contributed by atoms with E-state index in [1.54, 1.807) is 11.8 Å². The Morgan fingerprint density at radius 1 is 1.05 bits per heavy atom. The van der Waals surface area contributed by atoms with Crippen molar-refractivity contribution in [2.24, 2.45) is 5.92 Å². The molecule has 0 radical (unpaired) electrons. The van der Waals surface area contributed by atoms with Gasteiger partial charge in [-0.25, -0.2) is 0 Å². The molecular weight excluding hydrogens is 470 g/mol. The van der Waals surface area contributed by atoms with Crippen molar-refractivity contribution in [1.29, 1.82) is 0 Å². The number of carboxylic acids is 1. The molecule has 206 valence electrons. The van der Waals surface area contributed by atoms with E-state index in [9.17, 15) is 19.5 Å². The Morgan fingerprint density at radius 2 is 1.76 bits per heavy atom. The number of amides is 2. The number of rotatable bonds is 14. The van der Waals surface area contributed by atoms with Gasteiger partial charge in [0.1, 0.15) is 5.75 Å². The molecule has 1 aromatic rings. The highest BCUT2D eigenvalue weighted by Crippen LogP contribution is 2.41. The van der Waals surface area contributed by atoms with E-state index in [4.69, 9.17) is 4.74 Å². The van der Waals surface area contributed by atoms with Gasteiger partial charge >= 0.3 is 5.97 Å². The van der Waals surface area contributed by atoms with Crippen LogP contribution in [0.5, 0.6) is 5.75 Å². The van der Waals surface area contributed by atoms with Gasteiger partial charge in [0.2, 0.25) is 11.8 Å². The standard InChI is InChI=1S/C29H45N3O5/c1-5-8-14-31(15-9-6-2)27(34)20-32-19-24(22-10-11-26-23(18-22)13-17-37-26)28(29(35)36)25(32)12-16-30(7-3)21(4)33/h10-11,18,24-25,28H,5-9,12-17,19-20H2,1-4H3,(H,35,36)/t24-,25+,28-/m1/s1. The van der Waals surface area contributed by atoms with Crippen LogP contribution in [0.3, 0.4) is 0 Å². The molecule has 0 aliphatic carbocycles. The smallest absolute Gasteiger partial charge is 0.308 e. The molecule has 3 atom stereocenters. The average molecular weight is 516 g/mol. The Hall–Kier alpha value is -2.61. The fourth-order valence-corrected chi connectivity index (χ4v) is 5.79. The van der Waals surface area contributed by atoms with Crippen molar-refractivity contribution < 1.29 is 24.2 Å². The molecule has 2 amide bonds. The number of likely N-dealkylation sites (tertiary alicyclic amines) is 1. The fourth-order valence-electron chi connectivity index (χ4n) is 5.79. The zero-order valence-corrected chi connectivity index (χ0v) is 23.1. The summed E-state index contributed by atoms with van der Waals surface area (Å²) < 4.78 is 5.66. The third-order valence-electron chi connectivity index (χ3n) is 7.95. The number of hydrogen-bond donors (Lipinski definition) is 1. The lowest BCUT2D eigenvalue weighted by atomic mass is 9.83. The number of unbranched alkanes of at least 4 members (excludes halogenated alkanes) is 2. The van der Waals surface area contributed by atoms with Crippen LogP contribution in [0.4, 0.5) is 0 Å². The van der Waals surface area contributed by atoms with E-state index in [1.165, 1.54) is 0 Å². The quantitative estimate of drug-likeness (QED) is 0.406. The SMILES string of the molecule is CCCCN(CCCC)C(=O)CN1C[C@H](c2ccc3c(c2)CCO3)[C@@H](C(=O)O)[C@@H]1CCN(CC)C(C)=O. The first kappa shape index (κ1) is 29.0. The van der Waals surface area contributed by atoms with Crippen molar-refractivity contribution in [3.8, 4) is 5.75 Å². The van der Waals surface area contributed by atoms with Gasteiger partial charge in [-0.05, 0) is 43.4 Å². The average Bonchev–Trinajstić information content (AvgIpc) is 3.48. The van der Waals surface area contributed by atoms with Crippen LogP contribution in [0, 0.1) is 5.92 Å². The maximum Gasteiger partial charge on any atom is 0.308 e. The Bertz CT molecular complexity index is 928. The lowest BCUT2D eigenvalue weighted by molar-refractivity contribution is -0.144. The van der Waals surface area contributed by atoms with E-state index in [1.807, 2.05) is 24.0 Å². The molecule has 1 N–H and O–H groups in total. The number of hydrogen-bond acceptors (Lipinski definition) is 5. The van der Waals surface area contributed by atoms with Gasteiger partial charge in [0.15, 0.2) is 0 Å². The maximum atomic E-state index is 13.5. The van der Waals surface area contributed by atoms with Crippen molar-refractivity contribution >= 4 is 17.8 Å². The molecule has 2 aliphatic rings. The molecule has 1 saturated heterocycles. The first-order valence-corrected chi connectivity index (χ1v) is 14.1. The normalized spacial score (nSPS) is 20.9. The predicted molar refractivity (Wildman–Crippen MR) is 144 cm³/mol. The van der Waals surface area contributed by atoms with Gasteiger partial charge in [0.05, 0.1) is 19.1 Å². The number of ether oxygens (including phenoxy) is 1. The summed E-state index contributed by atoms with van der Waals surface area (Å²) in [6, 6.07) is 5.69. The molecule has 0 aromatic heterocycles. The summed E-state index contributed by atoms with van der Waals surface area (Å²) in [5.74, 6) is -0.804. The van der Waals surface area contributed by atoms with Crippen LogP contribution in [0.25, 0.3) is 0 Å². The van der Waals surface area contributed by atoms with E-state index in [0.717, 1.165) is 62.1 Å². The minimum absolute atomic E-state index is 0.0181. The summed E-state index contributed by atoms with van der Waals surface area (Å²) in [7, 11) is 0. The van der Waals surface area contributed by atoms with E-state index in [0.29, 0.717) is 32.7 Å². The molecule has 1 aromatic carbocycles. The second kappa shape index (κ2) is 13.8. The highest BCUT2D eigenvalue weighted by Gasteiger charge is 2.47. The monoisotopic (exact) mass is 515 g/mol. The van der Waals surface area contributed by atoms with E-state index in [2.05, 4.69) is 24.8 Å². The van der Waals surface area contributed by atoms with Crippen molar-refractivity contribution in [3.05, 3.63) is 29.3 Å². The minimum atomic E-state index is -0.846. The highest BCUT2D eigenvalue weighted by molar-refractivity contribution is 5.79. The van der Waals surface area contributed by atoms with Crippen LogP contribution < -0.4 is 4.74 Å². The molecule has 0 spiro atoms. The summed E-state index contributed by atoms with van der Waals surface area (Å²) in [5, 5.41) is 10.4. The summed E-state index contributed by atoms with van der Waals surface area (Å²) >= 11 is 0. The van der Waals surface area contributed by atoms with Crippen LogP contribution >= 0.6 is 0 Å². The minimum Gasteiger partial charge on any atom is -0.493 e. The van der Waals surface area contributed by atoms with Crippen molar-refractivity contribution in [3.63, 3.8) is 0 Å². The van der Waals surface area contributed by atoms with Crippen LogP contribution in [0.15, 0.2) is 18.2 Å². The fraction of sp³-hybridized carbons (Fsp3) is 0.690. The Balaban J connectivity index is 1.88. The highest BCUT2D eigenvalue weighted by atomic mass is 16.5. The first-order chi connectivity index (χ1) is 17.8. The van der Waals surface area contributed by atoms with Gasteiger partial charge in [-0.1, -0.05) is 38.8 Å². The maximum absolute atomic E-state index is 13.5. The Labute approximate surface area is 221 Å². The van der Waals surface area contributed by atoms with Crippen LogP contribution in [-0.2, 0) is 20.8 Å². The van der Waals surface area contributed by atoms with E-state index in [-0.39, 0.29) is 30.3 Å². The third-order valence-corrected chi connectivity index (χ3v) is 7.95. The lowest BCUT2D eigenvalue weighted by Gasteiger charge is -2.31. The third kappa shape index (κ3) is 7.24. The lowest BCUT2D eigenvalue weighted by Crippen LogP contribution is -2.46. The Kier molecular flexibility index (Phi) is 10.8. The van der Waals surface area contributed by atoms with Gasteiger partial charge in [-0.2, -0.15) is 0 Å². The molecule has 2 aliphatic heterocycles. The number of aliphatic carboxylic acids is 1. The number of carbonyl (C=O) groups is 3. The van der Waals surface area contributed by atoms with Crippen molar-refractivity contribution in [1.82, 2.24) is 14.7 Å². The number of fused-ring (bicyclic) bond motifs is 1. The van der Waals surface area contributed by atoms with Crippen molar-refractivity contribution in [2.45, 2.75) is 78.2 Å². The van der Waals surface area contributed by atoms with Gasteiger partial charge in [-0.3, -0.25) is 19.3 Å². The van der Waals surface area contributed by atoms with E-state index >= 15 is 0 Å². The Morgan fingerprint density at radius 3 is 2.35 bits per heavy atom. The molecule has 37 heavy (non-hydrogen) atoms. The first-order valence-electron chi connectivity index (χ1n) is 14.1. The molecule has 0 saturated carbocycles. The second-order valence-corrected chi connectivity index (χ2v) is 10.4. The van der Waals surface area contributed by atoms with Gasteiger partial charge in [0, 0.05) is 58.0 Å². The molecule has 8 nitrogen and oxygen atoms in total. The zero-order chi connectivity index (χ0) is 26.9. The summed E-state index contributed by atoms with van der Waals surface area (Å²) in [4.78, 5) is 44.0. The number of benzene rings is 1. The molecule has 0 bridgehead atoms. The van der Waals surface area contributed by atoms with Crippen LogP contribution in [0.2, 0.25) is 0 Å². The van der Waals surface area contributed by atoms with Crippen LogP contribution in [-0.4, -0.2) is 89.5 Å². The molecular formula is C29H45N3O5. The summed E-state index contributed by atoms with van der Waals surface area (Å²) in [6.07, 6.45) is 5.30. The largest absolute Gasteiger partial charge is 0.493 e. The van der Waals surface area contributed by atoms with Gasteiger partial charge in [0.25, 0.3) is 0 Å². The molecule has 3 rings (SSSR count). The predicted octanol–water partition coefficient (Wildman–Crippen LogP) is 3.78. The van der Waals surface area contributed by atoms with Crippen molar-refractivity contribution in [2.75, 3.05) is 45.9 Å². The van der Waals surface area contributed by atoms with Crippen LogP contribution in [0.1, 0.15) is 76.8 Å². The second-order valence-electron chi connectivity index (χ2n) is 10.4. The molecule has 8 heteroatoms. The molecule has 2 heterocycles. The number of carbonyl (C=O) groups excluding carboxylic acids is 2. The van der Waals surface area contributed by atoms with Gasteiger partial charge < -0.3 is 19.6 Å². The number of nitrogens with zero attached hydrogens (tertiary/aromatic N) is 3. The molecule has 1 fully saturated rings. The number of carboxylic acid groups (broad SMARTS) is 1. The molecule has 0 unspecified atom stereocenters.